The second-order valence-corrected chi connectivity index (χ2v) is 11.3. The number of anilines is 1. The number of amides is 1. The van der Waals surface area contributed by atoms with E-state index in [1.165, 1.54) is 5.56 Å². The van der Waals surface area contributed by atoms with E-state index < -0.39 is 5.60 Å². The Morgan fingerprint density at radius 3 is 2.50 bits per heavy atom. The van der Waals surface area contributed by atoms with Gasteiger partial charge in [0.15, 0.2) is 0 Å². The number of carbonyl (C=O) groups excluding carboxylic acids is 1. The number of pyridine rings is 1. The molecule has 1 aromatic carbocycles. The van der Waals surface area contributed by atoms with Gasteiger partial charge in [-0.2, -0.15) is 0 Å². The van der Waals surface area contributed by atoms with E-state index in [4.69, 9.17) is 18.9 Å². The van der Waals surface area contributed by atoms with Crippen LogP contribution in [0.4, 0.5) is 10.5 Å². The van der Waals surface area contributed by atoms with Gasteiger partial charge in [0.1, 0.15) is 23.7 Å². The van der Waals surface area contributed by atoms with Crippen LogP contribution in [0.1, 0.15) is 58.4 Å². The molecule has 1 aromatic heterocycles. The van der Waals surface area contributed by atoms with Crippen molar-refractivity contribution in [2.24, 2.45) is 5.92 Å². The molecular formula is C30H43N3O5. The van der Waals surface area contributed by atoms with Gasteiger partial charge >= 0.3 is 6.09 Å². The van der Waals surface area contributed by atoms with Crippen molar-refractivity contribution in [3.63, 3.8) is 0 Å². The van der Waals surface area contributed by atoms with Gasteiger partial charge in [0.2, 0.25) is 0 Å². The molecule has 208 valence electrons. The smallest absolute Gasteiger partial charge is 0.410 e. The minimum absolute atomic E-state index is 0.0242. The number of benzene rings is 1. The Morgan fingerprint density at radius 1 is 1.03 bits per heavy atom. The van der Waals surface area contributed by atoms with Gasteiger partial charge in [0.25, 0.3) is 0 Å². The van der Waals surface area contributed by atoms with Crippen LogP contribution in [0.5, 0.6) is 11.5 Å². The first-order valence-electron chi connectivity index (χ1n) is 13.8. The molecule has 1 amide bonds. The third-order valence-electron chi connectivity index (χ3n) is 7.22. The summed E-state index contributed by atoms with van der Waals surface area (Å²) in [6.45, 7) is 10.3. The molecule has 38 heavy (non-hydrogen) atoms. The summed E-state index contributed by atoms with van der Waals surface area (Å²) in [4.78, 5) is 21.2. The Morgan fingerprint density at radius 2 is 1.79 bits per heavy atom. The third-order valence-corrected chi connectivity index (χ3v) is 7.22. The number of methoxy groups -OCH3 is 1. The first-order valence-corrected chi connectivity index (χ1v) is 13.8. The van der Waals surface area contributed by atoms with E-state index in [0.29, 0.717) is 25.7 Å². The van der Waals surface area contributed by atoms with Crippen LogP contribution in [-0.4, -0.2) is 67.6 Å². The molecule has 0 unspecified atom stereocenters. The van der Waals surface area contributed by atoms with Gasteiger partial charge in [-0.1, -0.05) is 12.1 Å². The number of ether oxygens (including phenoxy) is 4. The zero-order chi connectivity index (χ0) is 27.0. The zero-order valence-electron chi connectivity index (χ0n) is 23.4. The van der Waals surface area contributed by atoms with Gasteiger partial charge in [-0.15, -0.1) is 0 Å². The van der Waals surface area contributed by atoms with E-state index in [1.54, 1.807) is 18.2 Å². The van der Waals surface area contributed by atoms with Crippen LogP contribution in [0.15, 0.2) is 42.7 Å². The van der Waals surface area contributed by atoms with Gasteiger partial charge in [0.05, 0.1) is 37.8 Å². The highest BCUT2D eigenvalue weighted by Gasteiger charge is 2.32. The summed E-state index contributed by atoms with van der Waals surface area (Å²) in [6, 6.07) is 10.1. The molecule has 0 radical (unpaired) electrons. The molecule has 4 rings (SSSR count). The molecule has 0 saturated carbocycles. The lowest BCUT2D eigenvalue weighted by Gasteiger charge is -2.33. The molecule has 2 fully saturated rings. The maximum Gasteiger partial charge on any atom is 0.410 e. The van der Waals surface area contributed by atoms with Crippen LogP contribution in [0, 0.1) is 5.92 Å². The minimum atomic E-state index is -0.499. The largest absolute Gasteiger partial charge is 0.497 e. The van der Waals surface area contributed by atoms with E-state index in [0.717, 1.165) is 69.0 Å². The fourth-order valence-corrected chi connectivity index (χ4v) is 5.06. The van der Waals surface area contributed by atoms with E-state index in [-0.39, 0.29) is 12.1 Å². The molecule has 0 bridgehead atoms. The van der Waals surface area contributed by atoms with Crippen LogP contribution in [0.25, 0.3) is 0 Å². The Hall–Kier alpha value is -3.00. The standard InChI is InChI=1S/C30H43N3O5/c1-30(2,3)38-29(34)33-14-5-6-25(33)22-37-28-18-26(19-31-20-28)32-15-11-23(12-16-32)13-17-36-21-24-7-9-27(35-4)10-8-24/h7-10,18-20,23,25H,5-6,11-17,21-22H2,1-4H3/t25-/m0/s1. The maximum atomic E-state index is 12.6. The Bertz CT molecular complexity index is 1020. The second-order valence-electron chi connectivity index (χ2n) is 11.3. The molecular weight excluding hydrogens is 482 g/mol. The van der Waals surface area contributed by atoms with Crippen LogP contribution in [0.3, 0.4) is 0 Å². The molecule has 3 heterocycles. The van der Waals surface area contributed by atoms with Crippen molar-refractivity contribution >= 4 is 11.8 Å². The number of rotatable bonds is 10. The lowest BCUT2D eigenvalue weighted by Crippen LogP contribution is -2.42. The van der Waals surface area contributed by atoms with Gasteiger partial charge in [0, 0.05) is 32.3 Å². The van der Waals surface area contributed by atoms with Gasteiger partial charge in [-0.3, -0.25) is 4.98 Å². The van der Waals surface area contributed by atoms with Crippen molar-refractivity contribution in [3.05, 3.63) is 48.3 Å². The number of piperidine rings is 1. The highest BCUT2D eigenvalue weighted by atomic mass is 16.6. The number of hydrogen-bond acceptors (Lipinski definition) is 7. The third kappa shape index (κ3) is 8.25. The summed E-state index contributed by atoms with van der Waals surface area (Å²) in [6.07, 6.45) is 8.66. The van der Waals surface area contributed by atoms with Crippen LogP contribution >= 0.6 is 0 Å². The first-order chi connectivity index (χ1) is 18.3. The average Bonchev–Trinajstić information content (AvgIpc) is 3.39. The average molecular weight is 526 g/mol. The molecule has 0 N–H and O–H groups in total. The number of likely N-dealkylation sites (tertiary alicyclic amines) is 1. The van der Waals surface area contributed by atoms with Crippen molar-refractivity contribution in [1.82, 2.24) is 9.88 Å². The summed E-state index contributed by atoms with van der Waals surface area (Å²) in [5.41, 5.74) is 1.76. The summed E-state index contributed by atoms with van der Waals surface area (Å²) in [7, 11) is 1.68. The highest BCUT2D eigenvalue weighted by Crippen LogP contribution is 2.28. The number of carbonyl (C=O) groups is 1. The molecule has 2 saturated heterocycles. The monoisotopic (exact) mass is 525 g/mol. The highest BCUT2D eigenvalue weighted by molar-refractivity contribution is 5.69. The molecule has 2 aliphatic heterocycles. The lowest BCUT2D eigenvalue weighted by molar-refractivity contribution is 0.0187. The maximum absolute atomic E-state index is 12.6. The summed E-state index contributed by atoms with van der Waals surface area (Å²) < 4.78 is 22.8. The lowest BCUT2D eigenvalue weighted by atomic mass is 9.94. The van der Waals surface area contributed by atoms with Crippen LogP contribution < -0.4 is 14.4 Å². The number of hydrogen-bond donors (Lipinski definition) is 0. The van der Waals surface area contributed by atoms with E-state index in [2.05, 4.69) is 16.0 Å². The molecule has 1 atom stereocenters. The molecule has 8 nitrogen and oxygen atoms in total. The Kier molecular flexibility index (Phi) is 9.72. The first kappa shape index (κ1) is 28.0. The van der Waals surface area contributed by atoms with Crippen molar-refractivity contribution in [2.45, 2.75) is 71.1 Å². The Balaban J connectivity index is 1.18. The molecule has 0 spiro atoms. The van der Waals surface area contributed by atoms with Gasteiger partial charge in [-0.25, -0.2) is 4.79 Å². The molecule has 0 aliphatic carbocycles. The van der Waals surface area contributed by atoms with E-state index >= 15 is 0 Å². The van der Waals surface area contributed by atoms with Crippen molar-refractivity contribution in [3.8, 4) is 11.5 Å². The van der Waals surface area contributed by atoms with Crippen molar-refractivity contribution in [2.75, 3.05) is 44.9 Å². The van der Waals surface area contributed by atoms with E-state index in [1.807, 2.05) is 51.2 Å². The molecule has 2 aromatic rings. The normalized spacial score (nSPS) is 18.5. The van der Waals surface area contributed by atoms with Crippen molar-refractivity contribution < 1.29 is 23.7 Å². The Labute approximate surface area is 227 Å². The van der Waals surface area contributed by atoms with Crippen LogP contribution in [-0.2, 0) is 16.1 Å². The topological polar surface area (TPSA) is 73.4 Å². The fourth-order valence-electron chi connectivity index (χ4n) is 5.06. The van der Waals surface area contributed by atoms with Crippen molar-refractivity contribution in [1.29, 1.82) is 0 Å². The van der Waals surface area contributed by atoms with Gasteiger partial charge < -0.3 is 28.7 Å². The predicted octanol–water partition coefficient (Wildman–Crippen LogP) is 5.69. The minimum Gasteiger partial charge on any atom is -0.497 e. The summed E-state index contributed by atoms with van der Waals surface area (Å²) in [5, 5.41) is 0. The van der Waals surface area contributed by atoms with Crippen LogP contribution in [0.2, 0.25) is 0 Å². The van der Waals surface area contributed by atoms with E-state index in [9.17, 15) is 4.79 Å². The molecule has 2 aliphatic rings. The quantitative estimate of drug-likeness (QED) is 0.369. The van der Waals surface area contributed by atoms with Gasteiger partial charge in [-0.05, 0) is 76.5 Å². The predicted molar refractivity (Wildman–Crippen MR) is 148 cm³/mol. The fraction of sp³-hybridized carbons (Fsp3) is 0.600. The zero-order valence-corrected chi connectivity index (χ0v) is 23.4. The number of aromatic nitrogens is 1. The summed E-state index contributed by atoms with van der Waals surface area (Å²) >= 11 is 0. The number of nitrogens with zero attached hydrogens (tertiary/aromatic N) is 3. The molecule has 8 heteroatoms. The SMILES string of the molecule is COc1ccc(COCCC2CCN(c3cncc(OC[C@@H]4CCCN4C(=O)OC(C)(C)C)c3)CC2)cc1. The summed E-state index contributed by atoms with van der Waals surface area (Å²) in [5.74, 6) is 2.29. The second kappa shape index (κ2) is 13.2.